The lowest BCUT2D eigenvalue weighted by atomic mass is 9.70. The van der Waals surface area contributed by atoms with Crippen molar-refractivity contribution in [2.24, 2.45) is 11.8 Å². The molecule has 2 N–H and O–H groups in total. The van der Waals surface area contributed by atoms with Gasteiger partial charge in [0.05, 0.1) is 27.5 Å². The van der Waals surface area contributed by atoms with Crippen LogP contribution < -0.4 is 10.6 Å². The summed E-state index contributed by atoms with van der Waals surface area (Å²) in [5.41, 5.74) is 0.446. The Morgan fingerprint density at radius 1 is 1.00 bits per heavy atom. The molecule has 5 atom stereocenters. The minimum absolute atomic E-state index is 0.0765. The molecule has 0 unspecified atom stereocenters. The van der Waals surface area contributed by atoms with Gasteiger partial charge in [0.2, 0.25) is 17.7 Å². The Morgan fingerprint density at radius 3 is 2.44 bits per heavy atom. The van der Waals surface area contributed by atoms with Gasteiger partial charge in [-0.05, 0) is 56.9 Å². The standard InChI is InChI=1S/C32H35Cl2N3O4/c1-19-8-10-20(11-9-19)14-17-37-27(29(39)35-21-6-4-3-5-7-21)32-16-15-31(2,41-32)25(26(32)30(37)40)28(38)36-22-12-13-23(33)24(34)18-22/h8-13,15-16,18,21,25-27H,3-7,14,17H2,1-2H3,(H,35,39)(H,36,38)/t25-,26-,27-,31-,32-/m0/s1. The molecule has 4 aliphatic rings. The van der Waals surface area contributed by atoms with Gasteiger partial charge in [0, 0.05) is 18.3 Å². The fraction of sp³-hybridized carbons (Fsp3) is 0.469. The Hall–Kier alpha value is -2.87. The predicted octanol–water partition coefficient (Wildman–Crippen LogP) is 5.47. The van der Waals surface area contributed by atoms with Crippen molar-refractivity contribution in [2.75, 3.05) is 11.9 Å². The highest BCUT2D eigenvalue weighted by Crippen LogP contribution is 2.59. The van der Waals surface area contributed by atoms with Gasteiger partial charge in [-0.2, -0.15) is 0 Å². The minimum atomic E-state index is -1.22. The fourth-order valence-electron chi connectivity index (χ4n) is 7.20. The molecule has 9 heteroatoms. The summed E-state index contributed by atoms with van der Waals surface area (Å²) in [7, 11) is 0. The van der Waals surface area contributed by atoms with E-state index in [1.54, 1.807) is 23.1 Å². The molecular weight excluding hydrogens is 561 g/mol. The molecule has 1 saturated carbocycles. The molecule has 3 aliphatic heterocycles. The molecule has 0 aromatic heterocycles. The summed E-state index contributed by atoms with van der Waals surface area (Å²) >= 11 is 12.2. The van der Waals surface area contributed by atoms with E-state index in [2.05, 4.69) is 10.6 Å². The number of carbonyl (C=O) groups excluding carboxylic acids is 3. The van der Waals surface area contributed by atoms with Gasteiger partial charge in [-0.25, -0.2) is 0 Å². The third-order valence-corrected chi connectivity index (χ3v) is 9.97. The molecule has 7 nitrogen and oxygen atoms in total. The lowest BCUT2D eigenvalue weighted by Crippen LogP contribution is -2.57. The number of anilines is 1. The van der Waals surface area contributed by atoms with Crippen LogP contribution in [0.2, 0.25) is 10.0 Å². The second-order valence-electron chi connectivity index (χ2n) is 12.1. The largest absolute Gasteiger partial charge is 0.356 e. The number of fused-ring (bicyclic) bond motifs is 1. The molecular formula is C32H35Cl2N3O4. The molecule has 6 rings (SSSR count). The van der Waals surface area contributed by atoms with Gasteiger partial charge in [0.25, 0.3) is 0 Å². The highest BCUT2D eigenvalue weighted by Gasteiger charge is 2.76. The molecule has 3 heterocycles. The van der Waals surface area contributed by atoms with E-state index in [4.69, 9.17) is 27.9 Å². The summed E-state index contributed by atoms with van der Waals surface area (Å²) in [5, 5.41) is 6.85. The van der Waals surface area contributed by atoms with Crippen molar-refractivity contribution in [1.29, 1.82) is 0 Å². The van der Waals surface area contributed by atoms with Crippen LogP contribution in [-0.2, 0) is 25.5 Å². The normalized spacial score (nSPS) is 30.5. The Kier molecular flexibility index (Phi) is 7.41. The van der Waals surface area contributed by atoms with E-state index in [0.29, 0.717) is 28.7 Å². The summed E-state index contributed by atoms with van der Waals surface area (Å²) in [5.74, 6) is -2.47. The van der Waals surface area contributed by atoms with Crippen molar-refractivity contribution in [3.8, 4) is 0 Å². The average Bonchev–Trinajstić information content (AvgIpc) is 3.51. The van der Waals surface area contributed by atoms with E-state index in [9.17, 15) is 14.4 Å². The summed E-state index contributed by atoms with van der Waals surface area (Å²) in [6.45, 7) is 4.19. The third-order valence-electron chi connectivity index (χ3n) is 9.23. The Morgan fingerprint density at radius 2 is 1.73 bits per heavy atom. The summed E-state index contributed by atoms with van der Waals surface area (Å²) in [6, 6.07) is 12.2. The number of benzene rings is 2. The zero-order valence-corrected chi connectivity index (χ0v) is 24.8. The number of amides is 3. The lowest BCUT2D eigenvalue weighted by Gasteiger charge is -2.34. The number of halogens is 2. The molecule has 0 radical (unpaired) electrons. The number of aryl methyl sites for hydroxylation is 1. The first-order valence-electron chi connectivity index (χ1n) is 14.4. The third kappa shape index (κ3) is 4.96. The highest BCUT2D eigenvalue weighted by molar-refractivity contribution is 6.42. The number of nitrogens with one attached hydrogen (secondary N) is 2. The first-order valence-corrected chi connectivity index (χ1v) is 15.2. The molecule has 3 fully saturated rings. The highest BCUT2D eigenvalue weighted by atomic mass is 35.5. The maximum absolute atomic E-state index is 14.3. The Balaban J connectivity index is 1.32. The van der Waals surface area contributed by atoms with Crippen molar-refractivity contribution >= 4 is 46.6 Å². The first kappa shape index (κ1) is 28.3. The second kappa shape index (κ2) is 10.8. The van der Waals surface area contributed by atoms with Gasteiger partial charge < -0.3 is 20.3 Å². The van der Waals surface area contributed by atoms with Gasteiger partial charge in [0.1, 0.15) is 11.6 Å². The monoisotopic (exact) mass is 595 g/mol. The number of nitrogens with zero attached hydrogens (tertiary/aromatic N) is 1. The van der Waals surface area contributed by atoms with Crippen LogP contribution in [0.1, 0.15) is 50.2 Å². The summed E-state index contributed by atoms with van der Waals surface area (Å²) in [4.78, 5) is 43.8. The predicted molar refractivity (Wildman–Crippen MR) is 159 cm³/mol. The Bertz CT molecular complexity index is 1410. The first-order chi connectivity index (χ1) is 19.6. The van der Waals surface area contributed by atoms with Crippen molar-refractivity contribution in [1.82, 2.24) is 10.2 Å². The summed E-state index contributed by atoms with van der Waals surface area (Å²) in [6.07, 6.45) is 9.46. The zero-order chi connectivity index (χ0) is 28.9. The summed E-state index contributed by atoms with van der Waals surface area (Å²) < 4.78 is 6.63. The van der Waals surface area contributed by atoms with E-state index < -0.39 is 29.1 Å². The maximum atomic E-state index is 14.3. The molecule has 2 bridgehead atoms. The molecule has 2 aromatic rings. The van der Waals surface area contributed by atoms with Crippen LogP contribution in [-0.4, -0.2) is 52.5 Å². The number of likely N-dealkylation sites (tertiary alicyclic amines) is 1. The minimum Gasteiger partial charge on any atom is -0.356 e. The van der Waals surface area contributed by atoms with E-state index in [1.807, 2.05) is 50.3 Å². The van der Waals surface area contributed by atoms with E-state index in [0.717, 1.165) is 36.8 Å². The van der Waals surface area contributed by atoms with Gasteiger partial charge in [0.15, 0.2) is 0 Å². The van der Waals surface area contributed by atoms with Crippen molar-refractivity contribution in [3.05, 3.63) is 75.8 Å². The molecule has 3 amide bonds. The average molecular weight is 597 g/mol. The lowest BCUT2D eigenvalue weighted by molar-refractivity contribution is -0.144. The van der Waals surface area contributed by atoms with Crippen LogP contribution in [0.5, 0.6) is 0 Å². The van der Waals surface area contributed by atoms with Crippen molar-refractivity contribution in [2.45, 2.75) is 75.7 Å². The van der Waals surface area contributed by atoms with Gasteiger partial charge in [-0.1, -0.05) is 84.4 Å². The maximum Gasteiger partial charge on any atom is 0.246 e. The zero-order valence-electron chi connectivity index (χ0n) is 23.3. The molecule has 1 spiro atoms. The molecule has 216 valence electrons. The number of hydrogen-bond donors (Lipinski definition) is 2. The van der Waals surface area contributed by atoms with Gasteiger partial charge in [-0.3, -0.25) is 14.4 Å². The van der Waals surface area contributed by atoms with Crippen LogP contribution >= 0.6 is 23.2 Å². The molecule has 1 aliphatic carbocycles. The number of hydrogen-bond acceptors (Lipinski definition) is 4. The Labute approximate surface area is 250 Å². The van der Waals surface area contributed by atoms with Crippen LogP contribution in [0.4, 0.5) is 5.69 Å². The van der Waals surface area contributed by atoms with Crippen molar-refractivity contribution < 1.29 is 19.1 Å². The SMILES string of the molecule is Cc1ccc(CCN2C(=O)[C@@H]3[C@@H](C(=O)Nc4ccc(Cl)c(Cl)c4)[C@]4(C)C=C[C@@]3(O4)[C@@H]2C(=O)NC2CCCCC2)cc1. The van der Waals surface area contributed by atoms with E-state index in [1.165, 1.54) is 6.42 Å². The van der Waals surface area contributed by atoms with E-state index >= 15 is 0 Å². The number of rotatable bonds is 7. The molecule has 2 aromatic carbocycles. The smallest absolute Gasteiger partial charge is 0.246 e. The number of ether oxygens (including phenoxy) is 1. The van der Waals surface area contributed by atoms with Crippen LogP contribution in [0, 0.1) is 18.8 Å². The van der Waals surface area contributed by atoms with Gasteiger partial charge in [-0.15, -0.1) is 0 Å². The van der Waals surface area contributed by atoms with Crippen LogP contribution in [0.3, 0.4) is 0 Å². The fourth-order valence-corrected chi connectivity index (χ4v) is 7.49. The topological polar surface area (TPSA) is 87.7 Å². The molecule has 2 saturated heterocycles. The van der Waals surface area contributed by atoms with Gasteiger partial charge >= 0.3 is 0 Å². The molecule has 41 heavy (non-hydrogen) atoms. The van der Waals surface area contributed by atoms with Crippen molar-refractivity contribution in [3.63, 3.8) is 0 Å². The van der Waals surface area contributed by atoms with E-state index in [-0.39, 0.29) is 23.8 Å². The van der Waals surface area contributed by atoms with Crippen LogP contribution in [0.15, 0.2) is 54.6 Å². The quantitative estimate of drug-likeness (QED) is 0.415. The number of carbonyl (C=O) groups is 3. The second-order valence-corrected chi connectivity index (χ2v) is 12.9. The van der Waals surface area contributed by atoms with Crippen LogP contribution in [0.25, 0.3) is 0 Å².